The number of nitrogen functional groups attached to an aromatic ring is 1. The third-order valence-corrected chi connectivity index (χ3v) is 4.48. The average molecular weight is 400 g/mol. The first-order valence-corrected chi connectivity index (χ1v) is 8.59. The Morgan fingerprint density at radius 2 is 1.86 bits per heavy atom. The molecule has 29 heavy (non-hydrogen) atoms. The van der Waals surface area contributed by atoms with E-state index in [0.717, 1.165) is 23.4 Å². The molecule has 1 aromatic carbocycles. The quantitative estimate of drug-likeness (QED) is 0.701. The summed E-state index contributed by atoms with van der Waals surface area (Å²) in [6.45, 7) is 1.02. The molecule has 0 fully saturated rings. The molecular formula is C19H15F3N6O. The number of hydrogen-bond donors (Lipinski definition) is 2. The average Bonchev–Trinajstić information content (AvgIpc) is 3.11. The van der Waals surface area contributed by atoms with E-state index in [1.54, 1.807) is 12.3 Å². The van der Waals surface area contributed by atoms with Crippen LogP contribution in [0, 0.1) is 0 Å². The number of alkyl halides is 3. The summed E-state index contributed by atoms with van der Waals surface area (Å²) < 4.78 is 37.9. The van der Waals surface area contributed by atoms with E-state index in [4.69, 9.17) is 5.73 Å². The second-order valence-electron chi connectivity index (χ2n) is 6.49. The number of nitrogens with zero attached hydrogens (tertiary/aromatic N) is 4. The van der Waals surface area contributed by atoms with Gasteiger partial charge in [-0.05, 0) is 36.4 Å². The molecule has 0 saturated heterocycles. The number of pyridine rings is 1. The van der Waals surface area contributed by atoms with Gasteiger partial charge >= 0.3 is 6.18 Å². The van der Waals surface area contributed by atoms with Gasteiger partial charge in [0, 0.05) is 35.8 Å². The number of rotatable bonds is 3. The van der Waals surface area contributed by atoms with E-state index in [0.29, 0.717) is 24.5 Å². The van der Waals surface area contributed by atoms with Gasteiger partial charge in [0.05, 0.1) is 17.8 Å². The summed E-state index contributed by atoms with van der Waals surface area (Å²) in [4.78, 5) is 26.9. The van der Waals surface area contributed by atoms with Crippen molar-refractivity contribution in [3.05, 3.63) is 71.2 Å². The van der Waals surface area contributed by atoms with E-state index in [1.807, 2.05) is 4.90 Å². The van der Waals surface area contributed by atoms with Gasteiger partial charge in [0.15, 0.2) is 0 Å². The fourth-order valence-corrected chi connectivity index (χ4v) is 3.01. The Morgan fingerprint density at radius 1 is 1.10 bits per heavy atom. The highest BCUT2D eigenvalue weighted by Gasteiger charge is 2.30. The molecule has 0 atom stereocenters. The molecule has 0 saturated carbocycles. The van der Waals surface area contributed by atoms with Crippen molar-refractivity contribution in [1.29, 1.82) is 0 Å². The van der Waals surface area contributed by atoms with E-state index >= 15 is 0 Å². The summed E-state index contributed by atoms with van der Waals surface area (Å²) >= 11 is 0. The van der Waals surface area contributed by atoms with Crippen LogP contribution in [-0.4, -0.2) is 20.9 Å². The largest absolute Gasteiger partial charge is 0.416 e. The number of halogens is 3. The van der Waals surface area contributed by atoms with Crippen LogP contribution < -0.4 is 16.0 Å². The Morgan fingerprint density at radius 3 is 2.59 bits per heavy atom. The van der Waals surface area contributed by atoms with Crippen molar-refractivity contribution >= 4 is 23.4 Å². The molecule has 0 radical (unpaired) electrons. The number of anilines is 3. The molecule has 0 unspecified atom stereocenters. The lowest BCUT2D eigenvalue weighted by Gasteiger charge is -2.16. The molecular weight excluding hydrogens is 385 g/mol. The molecule has 3 aromatic rings. The summed E-state index contributed by atoms with van der Waals surface area (Å²) in [5.41, 5.74) is 7.17. The molecule has 3 heterocycles. The van der Waals surface area contributed by atoms with Crippen molar-refractivity contribution < 1.29 is 18.0 Å². The first kappa shape index (κ1) is 18.7. The molecule has 148 valence electrons. The topological polar surface area (TPSA) is 97.0 Å². The van der Waals surface area contributed by atoms with E-state index in [2.05, 4.69) is 20.3 Å². The molecule has 3 N–H and O–H groups in total. The zero-order valence-corrected chi connectivity index (χ0v) is 14.9. The minimum atomic E-state index is -4.43. The van der Waals surface area contributed by atoms with Gasteiger partial charge in [-0.1, -0.05) is 0 Å². The maximum atomic E-state index is 12.6. The molecule has 1 aliphatic rings. The van der Waals surface area contributed by atoms with Gasteiger partial charge in [-0.3, -0.25) is 4.79 Å². The monoisotopic (exact) mass is 400 g/mol. The third-order valence-electron chi connectivity index (χ3n) is 4.48. The maximum absolute atomic E-state index is 12.6. The second-order valence-corrected chi connectivity index (χ2v) is 6.49. The van der Waals surface area contributed by atoms with Crippen molar-refractivity contribution in [3.63, 3.8) is 0 Å². The number of hydrogen-bond acceptors (Lipinski definition) is 6. The van der Waals surface area contributed by atoms with E-state index in [-0.39, 0.29) is 11.6 Å². The highest BCUT2D eigenvalue weighted by Crippen LogP contribution is 2.30. The molecule has 10 heteroatoms. The Hall–Kier alpha value is -3.69. The fourth-order valence-electron chi connectivity index (χ4n) is 3.01. The highest BCUT2D eigenvalue weighted by molar-refractivity contribution is 6.04. The fraction of sp³-hybridized carbons (Fsp3) is 0.158. The van der Waals surface area contributed by atoms with Crippen LogP contribution in [0.2, 0.25) is 0 Å². The summed E-state index contributed by atoms with van der Waals surface area (Å²) in [5, 5.41) is 2.59. The van der Waals surface area contributed by atoms with Crippen LogP contribution in [0.3, 0.4) is 0 Å². The van der Waals surface area contributed by atoms with Crippen molar-refractivity contribution in [2.24, 2.45) is 0 Å². The van der Waals surface area contributed by atoms with Crippen molar-refractivity contribution in [2.45, 2.75) is 19.3 Å². The lowest BCUT2D eigenvalue weighted by atomic mass is 10.2. The predicted molar refractivity (Wildman–Crippen MR) is 100.0 cm³/mol. The number of carbonyl (C=O) groups excluding carboxylic acids is 1. The van der Waals surface area contributed by atoms with Crippen LogP contribution in [0.1, 0.15) is 27.2 Å². The minimum absolute atomic E-state index is 0.197. The van der Waals surface area contributed by atoms with Crippen LogP contribution >= 0.6 is 0 Å². The molecule has 7 nitrogen and oxygen atoms in total. The first-order valence-electron chi connectivity index (χ1n) is 8.59. The zero-order valence-electron chi connectivity index (χ0n) is 14.9. The van der Waals surface area contributed by atoms with E-state index in [1.165, 1.54) is 24.4 Å². The van der Waals surface area contributed by atoms with Gasteiger partial charge in [0.2, 0.25) is 5.95 Å². The van der Waals surface area contributed by atoms with Crippen molar-refractivity contribution in [2.75, 3.05) is 16.0 Å². The number of aromatic nitrogens is 3. The van der Waals surface area contributed by atoms with Gasteiger partial charge in [-0.2, -0.15) is 13.2 Å². The Kier molecular flexibility index (Phi) is 4.53. The van der Waals surface area contributed by atoms with Gasteiger partial charge < -0.3 is 16.0 Å². The number of fused-ring (bicyclic) bond motifs is 1. The van der Waals surface area contributed by atoms with Crippen LogP contribution in [0.4, 0.5) is 30.6 Å². The second kappa shape index (κ2) is 7.04. The molecule has 1 amide bonds. The Balaban J connectivity index is 1.48. The van der Waals surface area contributed by atoms with Crippen LogP contribution in [0.5, 0.6) is 0 Å². The number of nitrogens with two attached hydrogens (primary N) is 1. The van der Waals surface area contributed by atoms with Crippen LogP contribution in [0.15, 0.2) is 48.8 Å². The highest BCUT2D eigenvalue weighted by atomic mass is 19.4. The number of carbonyl (C=O) groups is 1. The van der Waals surface area contributed by atoms with Gasteiger partial charge in [0.1, 0.15) is 5.82 Å². The molecule has 4 rings (SSSR count). The molecule has 0 bridgehead atoms. The molecule has 1 aliphatic heterocycles. The number of amides is 1. The molecule has 0 aliphatic carbocycles. The van der Waals surface area contributed by atoms with Crippen molar-refractivity contribution in [3.8, 4) is 0 Å². The lowest BCUT2D eigenvalue weighted by Crippen LogP contribution is -2.18. The Labute approximate surface area is 163 Å². The summed E-state index contributed by atoms with van der Waals surface area (Å²) in [7, 11) is 0. The summed E-state index contributed by atoms with van der Waals surface area (Å²) in [5.74, 6) is 0.319. The normalized spacial score (nSPS) is 13.3. The number of nitrogens with one attached hydrogen (secondary N) is 1. The van der Waals surface area contributed by atoms with Gasteiger partial charge in [-0.25, -0.2) is 15.0 Å². The van der Waals surface area contributed by atoms with Gasteiger partial charge in [-0.15, -0.1) is 0 Å². The lowest BCUT2D eigenvalue weighted by molar-refractivity contribution is -0.137. The summed E-state index contributed by atoms with van der Waals surface area (Å²) in [6, 6.07) is 7.40. The van der Waals surface area contributed by atoms with E-state index < -0.39 is 17.6 Å². The Bertz CT molecular complexity index is 1070. The summed E-state index contributed by atoms with van der Waals surface area (Å²) in [6.07, 6.45) is -1.26. The predicted octanol–water partition coefficient (Wildman–Crippen LogP) is 3.25. The van der Waals surface area contributed by atoms with Gasteiger partial charge in [0.25, 0.3) is 5.91 Å². The third kappa shape index (κ3) is 3.96. The number of benzene rings is 1. The van der Waals surface area contributed by atoms with E-state index in [9.17, 15) is 18.0 Å². The smallest absolute Gasteiger partial charge is 0.368 e. The zero-order chi connectivity index (χ0) is 20.6. The van der Waals surface area contributed by atoms with Crippen molar-refractivity contribution in [1.82, 2.24) is 15.0 Å². The SMILES string of the molecule is Nc1ncc2c(n1)CN(c1cc(C(=O)Nc3ccc(C(F)(F)F)cc3)ccn1)C2. The van der Waals surface area contributed by atoms with Crippen LogP contribution in [0.25, 0.3) is 0 Å². The molecule has 0 spiro atoms. The first-order chi connectivity index (χ1) is 13.8. The standard InChI is InChI=1S/C19H15F3N6O/c20-19(21,22)13-1-3-14(4-2-13)26-17(29)11-5-6-24-16(7-11)28-9-12-8-25-18(23)27-15(12)10-28/h1-8H,9-10H2,(H,26,29)(H2,23,25,27). The van der Waals surface area contributed by atoms with Crippen LogP contribution in [-0.2, 0) is 19.3 Å². The minimum Gasteiger partial charge on any atom is -0.368 e. The maximum Gasteiger partial charge on any atom is 0.416 e. The molecule has 2 aromatic heterocycles.